The second kappa shape index (κ2) is 5.87. The molecule has 0 fully saturated rings. The van der Waals surface area contributed by atoms with Crippen molar-refractivity contribution in [3.8, 4) is 0 Å². The van der Waals surface area contributed by atoms with Gasteiger partial charge in [-0.3, -0.25) is 10.6 Å². The van der Waals surface area contributed by atoms with E-state index in [1.54, 1.807) is 0 Å². The van der Waals surface area contributed by atoms with E-state index in [0.717, 1.165) is 5.70 Å². The van der Waals surface area contributed by atoms with Crippen molar-refractivity contribution in [1.82, 2.24) is 10.6 Å². The molecule has 5 heteroatoms. The van der Waals surface area contributed by atoms with Gasteiger partial charge >= 0.3 is 0 Å². The first kappa shape index (κ1) is 12.2. The number of nitrogens with one attached hydrogen (secondary N) is 2. The minimum Gasteiger partial charge on any atom is -0.399 e. The van der Waals surface area contributed by atoms with E-state index in [1.165, 1.54) is 0 Å². The van der Waals surface area contributed by atoms with Crippen molar-refractivity contribution >= 4 is 0 Å². The zero-order valence-electron chi connectivity index (χ0n) is 8.74. The Labute approximate surface area is 89.7 Å². The van der Waals surface area contributed by atoms with Crippen molar-refractivity contribution in [3.05, 3.63) is 23.9 Å². The third-order valence-corrected chi connectivity index (χ3v) is 2.32. The molecule has 1 aliphatic carbocycles. The van der Waals surface area contributed by atoms with E-state index in [2.05, 4.69) is 10.6 Å². The summed E-state index contributed by atoms with van der Waals surface area (Å²) in [6.45, 7) is 1.15. The molecule has 0 aromatic rings. The minimum atomic E-state index is -0.395. The van der Waals surface area contributed by atoms with Crippen LogP contribution in [0.25, 0.3) is 0 Å². The first-order chi connectivity index (χ1) is 7.22. The molecule has 15 heavy (non-hydrogen) atoms. The van der Waals surface area contributed by atoms with Crippen LogP contribution >= 0.6 is 0 Å². The Bertz CT molecular complexity index is 243. The first-order valence-electron chi connectivity index (χ1n) is 5.09. The third-order valence-electron chi connectivity index (χ3n) is 2.32. The van der Waals surface area contributed by atoms with Gasteiger partial charge in [0.1, 0.15) is 0 Å². The lowest BCUT2D eigenvalue weighted by molar-refractivity contribution is 0.228. The highest BCUT2D eigenvalue weighted by molar-refractivity contribution is 5.26. The molecule has 0 radical (unpaired) electrons. The molecule has 0 amide bonds. The lowest BCUT2D eigenvalue weighted by Crippen LogP contribution is -2.57. The molecule has 0 aliphatic heterocycles. The summed E-state index contributed by atoms with van der Waals surface area (Å²) in [6, 6.07) is 0. The summed E-state index contributed by atoms with van der Waals surface area (Å²) in [6.07, 6.45) is 6.36. The van der Waals surface area contributed by atoms with Gasteiger partial charge in [-0.15, -0.1) is 0 Å². The molecule has 0 unspecified atom stereocenters. The number of aliphatic hydroxyl groups excluding tert-OH is 2. The lowest BCUT2D eigenvalue weighted by atomic mass is 9.99. The number of allylic oxidation sites excluding steroid dienone is 1. The molecule has 0 saturated carbocycles. The van der Waals surface area contributed by atoms with E-state index in [4.69, 9.17) is 15.9 Å². The SMILES string of the molecule is NC1=CCC(NCCO)(NCCO)C=C1. The van der Waals surface area contributed by atoms with Crippen LogP contribution in [0.15, 0.2) is 23.9 Å². The van der Waals surface area contributed by atoms with E-state index in [0.29, 0.717) is 19.5 Å². The van der Waals surface area contributed by atoms with Gasteiger partial charge in [0, 0.05) is 25.2 Å². The molecule has 1 aliphatic rings. The average molecular weight is 213 g/mol. The highest BCUT2D eigenvalue weighted by atomic mass is 16.3. The molecule has 5 nitrogen and oxygen atoms in total. The maximum Gasteiger partial charge on any atom is 0.0920 e. The zero-order chi connectivity index (χ0) is 11.1. The average Bonchev–Trinajstić information content (AvgIpc) is 2.27. The highest BCUT2D eigenvalue weighted by Gasteiger charge is 2.25. The molecular weight excluding hydrogens is 194 g/mol. The van der Waals surface area contributed by atoms with Crippen LogP contribution < -0.4 is 16.4 Å². The van der Waals surface area contributed by atoms with Crippen LogP contribution in [0.3, 0.4) is 0 Å². The third kappa shape index (κ3) is 3.64. The Morgan fingerprint density at radius 3 is 2.27 bits per heavy atom. The van der Waals surface area contributed by atoms with Crippen LogP contribution in [0.1, 0.15) is 6.42 Å². The van der Waals surface area contributed by atoms with Crippen molar-refractivity contribution in [2.45, 2.75) is 12.1 Å². The van der Waals surface area contributed by atoms with Crippen LogP contribution in [0, 0.1) is 0 Å². The molecule has 0 bridgehead atoms. The monoisotopic (exact) mass is 213 g/mol. The summed E-state index contributed by atoms with van der Waals surface area (Å²) in [5, 5.41) is 23.9. The zero-order valence-corrected chi connectivity index (χ0v) is 8.74. The van der Waals surface area contributed by atoms with Gasteiger partial charge in [-0.1, -0.05) is 6.08 Å². The Morgan fingerprint density at radius 2 is 1.87 bits per heavy atom. The predicted octanol–water partition coefficient (Wildman–Crippen LogP) is -1.35. The van der Waals surface area contributed by atoms with Crippen molar-refractivity contribution in [2.75, 3.05) is 26.3 Å². The maximum atomic E-state index is 8.78. The van der Waals surface area contributed by atoms with Gasteiger partial charge in [0.2, 0.25) is 0 Å². The number of rotatable bonds is 6. The van der Waals surface area contributed by atoms with E-state index in [-0.39, 0.29) is 13.2 Å². The van der Waals surface area contributed by atoms with Crippen LogP contribution in [-0.4, -0.2) is 42.2 Å². The summed E-state index contributed by atoms with van der Waals surface area (Å²) in [7, 11) is 0. The van der Waals surface area contributed by atoms with Crippen LogP contribution in [0.4, 0.5) is 0 Å². The van der Waals surface area contributed by atoms with Gasteiger partial charge < -0.3 is 15.9 Å². The summed E-state index contributed by atoms with van der Waals surface area (Å²) < 4.78 is 0. The fourth-order valence-corrected chi connectivity index (χ4v) is 1.54. The van der Waals surface area contributed by atoms with Gasteiger partial charge in [0.25, 0.3) is 0 Å². The first-order valence-corrected chi connectivity index (χ1v) is 5.09. The Morgan fingerprint density at radius 1 is 1.27 bits per heavy atom. The van der Waals surface area contributed by atoms with Gasteiger partial charge in [0.05, 0.1) is 18.9 Å². The Kier molecular flexibility index (Phi) is 4.77. The molecule has 0 atom stereocenters. The fourth-order valence-electron chi connectivity index (χ4n) is 1.54. The second-order valence-electron chi connectivity index (χ2n) is 3.51. The van der Waals surface area contributed by atoms with E-state index >= 15 is 0 Å². The molecule has 0 spiro atoms. The molecule has 86 valence electrons. The van der Waals surface area contributed by atoms with E-state index in [1.807, 2.05) is 18.2 Å². The largest absolute Gasteiger partial charge is 0.399 e. The fraction of sp³-hybridized carbons (Fsp3) is 0.600. The second-order valence-corrected chi connectivity index (χ2v) is 3.51. The van der Waals surface area contributed by atoms with Crippen LogP contribution in [0.5, 0.6) is 0 Å². The lowest BCUT2D eigenvalue weighted by Gasteiger charge is -2.34. The minimum absolute atomic E-state index is 0.0790. The number of nitrogens with two attached hydrogens (primary N) is 1. The van der Waals surface area contributed by atoms with Crippen molar-refractivity contribution in [1.29, 1.82) is 0 Å². The van der Waals surface area contributed by atoms with E-state index in [9.17, 15) is 0 Å². The smallest absolute Gasteiger partial charge is 0.0920 e. The standard InChI is InChI=1S/C10H19N3O2/c11-9-1-3-10(4-2-9,12-5-7-14)13-6-8-15/h1-3,12-15H,4-8,11H2. The molecule has 6 N–H and O–H groups in total. The topological polar surface area (TPSA) is 90.5 Å². The van der Waals surface area contributed by atoms with Gasteiger partial charge in [-0.05, 0) is 12.2 Å². The van der Waals surface area contributed by atoms with Gasteiger partial charge in [-0.25, -0.2) is 0 Å². The summed E-state index contributed by atoms with van der Waals surface area (Å²) >= 11 is 0. The Balaban J connectivity index is 2.57. The normalized spacial score (nSPS) is 18.9. The van der Waals surface area contributed by atoms with Crippen molar-refractivity contribution in [2.24, 2.45) is 5.73 Å². The quantitative estimate of drug-likeness (QED) is 0.352. The number of hydrogen-bond acceptors (Lipinski definition) is 5. The molecule has 0 saturated heterocycles. The Hall–Kier alpha value is -0.880. The predicted molar refractivity (Wildman–Crippen MR) is 58.9 cm³/mol. The van der Waals surface area contributed by atoms with E-state index < -0.39 is 5.66 Å². The van der Waals surface area contributed by atoms with Crippen LogP contribution in [-0.2, 0) is 0 Å². The molecule has 0 heterocycles. The summed E-state index contributed by atoms with van der Waals surface area (Å²) in [5.41, 5.74) is 5.98. The summed E-state index contributed by atoms with van der Waals surface area (Å²) in [4.78, 5) is 0. The number of aliphatic hydroxyl groups is 2. The highest BCUT2D eigenvalue weighted by Crippen LogP contribution is 2.16. The summed E-state index contributed by atoms with van der Waals surface area (Å²) in [5.74, 6) is 0. The maximum absolute atomic E-state index is 8.78. The van der Waals surface area contributed by atoms with Crippen LogP contribution in [0.2, 0.25) is 0 Å². The molecule has 0 aromatic carbocycles. The molecule has 0 aromatic heterocycles. The number of hydrogen-bond donors (Lipinski definition) is 5. The van der Waals surface area contributed by atoms with Crippen molar-refractivity contribution in [3.63, 3.8) is 0 Å². The van der Waals surface area contributed by atoms with Gasteiger partial charge in [0.15, 0.2) is 0 Å². The van der Waals surface area contributed by atoms with Gasteiger partial charge in [-0.2, -0.15) is 0 Å². The molecular formula is C10H19N3O2. The van der Waals surface area contributed by atoms with Crippen molar-refractivity contribution < 1.29 is 10.2 Å². The molecule has 1 rings (SSSR count).